The van der Waals surface area contributed by atoms with Gasteiger partial charge in [-0.15, -0.1) is 0 Å². The van der Waals surface area contributed by atoms with Crippen LogP contribution in [0.3, 0.4) is 0 Å². The Labute approximate surface area is 162 Å². The number of nitriles is 1. The van der Waals surface area contributed by atoms with Gasteiger partial charge in [-0.2, -0.15) is 5.26 Å². The number of phenols is 1. The van der Waals surface area contributed by atoms with Crippen LogP contribution in [0, 0.1) is 14.9 Å². The summed E-state index contributed by atoms with van der Waals surface area (Å²) in [5.74, 6) is -0.218. The van der Waals surface area contributed by atoms with Gasteiger partial charge in [-0.3, -0.25) is 14.5 Å². The Morgan fingerprint density at radius 3 is 2.72 bits per heavy atom. The number of phenolic OH excluding ortho intramolecular Hbond substituents is 1. The maximum atomic E-state index is 12.6. The molecule has 25 heavy (non-hydrogen) atoms. The first kappa shape index (κ1) is 17.5. The zero-order valence-corrected chi connectivity index (χ0v) is 15.7. The Hall–Kier alpha value is -2.31. The predicted molar refractivity (Wildman–Crippen MR) is 103 cm³/mol. The van der Waals surface area contributed by atoms with E-state index in [9.17, 15) is 14.7 Å². The maximum absolute atomic E-state index is 12.6. The summed E-state index contributed by atoms with van der Waals surface area (Å²) in [6, 6.07) is 13.9. The minimum Gasteiger partial charge on any atom is -0.507 e. The maximum Gasteiger partial charge on any atom is 0.293 e. The van der Waals surface area contributed by atoms with Crippen molar-refractivity contribution in [2.75, 3.05) is 0 Å². The molecule has 1 aliphatic rings. The van der Waals surface area contributed by atoms with Crippen LogP contribution in [-0.4, -0.2) is 21.2 Å². The molecule has 1 saturated heterocycles. The predicted octanol–water partition coefficient (Wildman–Crippen LogP) is 4.10. The van der Waals surface area contributed by atoms with Gasteiger partial charge in [0.15, 0.2) is 0 Å². The van der Waals surface area contributed by atoms with Crippen molar-refractivity contribution >= 4 is 51.6 Å². The molecule has 3 rings (SSSR count). The van der Waals surface area contributed by atoms with E-state index in [1.165, 1.54) is 0 Å². The molecule has 7 heteroatoms. The summed E-state index contributed by atoms with van der Waals surface area (Å²) in [6.45, 7) is 0.0683. The van der Waals surface area contributed by atoms with Gasteiger partial charge in [0, 0.05) is 0 Å². The zero-order valence-electron chi connectivity index (χ0n) is 12.8. The Bertz CT molecular complexity index is 950. The molecule has 0 aliphatic carbocycles. The van der Waals surface area contributed by atoms with Crippen LogP contribution in [0.1, 0.15) is 16.7 Å². The molecule has 0 saturated carbocycles. The lowest BCUT2D eigenvalue weighted by Crippen LogP contribution is -2.27. The van der Waals surface area contributed by atoms with Gasteiger partial charge in [0.25, 0.3) is 11.1 Å². The van der Waals surface area contributed by atoms with Crippen molar-refractivity contribution in [1.29, 1.82) is 5.26 Å². The topological polar surface area (TPSA) is 81.4 Å². The molecule has 0 unspecified atom stereocenters. The highest BCUT2D eigenvalue weighted by molar-refractivity contribution is 14.1. The lowest BCUT2D eigenvalue weighted by atomic mass is 10.1. The first-order valence-corrected chi connectivity index (χ1v) is 9.11. The van der Waals surface area contributed by atoms with Crippen molar-refractivity contribution in [1.82, 2.24) is 4.90 Å². The number of thioether (sulfide) groups is 1. The SMILES string of the molecule is N#Cc1ccccc1CN1C(=O)SC(=Cc2ccc(O)c(I)c2)C1=O. The van der Waals surface area contributed by atoms with Gasteiger partial charge >= 0.3 is 0 Å². The number of rotatable bonds is 3. The van der Waals surface area contributed by atoms with Gasteiger partial charge < -0.3 is 5.11 Å². The number of carbonyl (C=O) groups is 2. The third-order valence-electron chi connectivity index (χ3n) is 3.61. The molecule has 2 amide bonds. The van der Waals surface area contributed by atoms with Crippen molar-refractivity contribution in [3.63, 3.8) is 0 Å². The summed E-state index contributed by atoms with van der Waals surface area (Å²) in [6.07, 6.45) is 1.63. The number of benzene rings is 2. The van der Waals surface area contributed by atoms with Gasteiger partial charge in [0.05, 0.1) is 26.7 Å². The molecular formula is C18H11IN2O3S. The highest BCUT2D eigenvalue weighted by Crippen LogP contribution is 2.34. The van der Waals surface area contributed by atoms with E-state index in [1.54, 1.807) is 48.5 Å². The Morgan fingerprint density at radius 2 is 2.00 bits per heavy atom. The monoisotopic (exact) mass is 462 g/mol. The van der Waals surface area contributed by atoms with E-state index < -0.39 is 0 Å². The van der Waals surface area contributed by atoms with Crippen LogP contribution >= 0.6 is 34.4 Å². The van der Waals surface area contributed by atoms with E-state index in [0.717, 1.165) is 22.2 Å². The first-order valence-electron chi connectivity index (χ1n) is 7.21. The van der Waals surface area contributed by atoms with Crippen molar-refractivity contribution in [3.8, 4) is 11.8 Å². The Kier molecular flexibility index (Phi) is 5.11. The van der Waals surface area contributed by atoms with Gasteiger partial charge in [-0.25, -0.2) is 0 Å². The number of hydrogen-bond acceptors (Lipinski definition) is 5. The van der Waals surface area contributed by atoms with E-state index >= 15 is 0 Å². The van der Waals surface area contributed by atoms with Crippen molar-refractivity contribution in [2.24, 2.45) is 0 Å². The normalized spacial score (nSPS) is 15.7. The molecule has 0 radical (unpaired) electrons. The third kappa shape index (κ3) is 3.70. The molecule has 1 heterocycles. The molecule has 2 aromatic rings. The summed E-state index contributed by atoms with van der Waals surface area (Å²) < 4.78 is 0.661. The van der Waals surface area contributed by atoms with Crippen LogP contribution in [0.2, 0.25) is 0 Å². The lowest BCUT2D eigenvalue weighted by Gasteiger charge is -2.13. The number of aromatic hydroxyl groups is 1. The van der Waals surface area contributed by atoms with Crippen molar-refractivity contribution < 1.29 is 14.7 Å². The molecule has 124 valence electrons. The summed E-state index contributed by atoms with van der Waals surface area (Å²) in [7, 11) is 0. The zero-order chi connectivity index (χ0) is 18.0. The second-order valence-corrected chi connectivity index (χ2v) is 7.40. The van der Waals surface area contributed by atoms with Crippen LogP contribution < -0.4 is 0 Å². The van der Waals surface area contributed by atoms with Crippen LogP contribution in [-0.2, 0) is 11.3 Å². The molecule has 1 aliphatic heterocycles. The smallest absolute Gasteiger partial charge is 0.293 e. The van der Waals surface area contributed by atoms with E-state index in [1.807, 2.05) is 22.6 Å². The largest absolute Gasteiger partial charge is 0.507 e. The van der Waals surface area contributed by atoms with E-state index in [-0.39, 0.29) is 23.4 Å². The second-order valence-electron chi connectivity index (χ2n) is 5.25. The summed E-state index contributed by atoms with van der Waals surface area (Å²) in [5, 5.41) is 18.3. The minimum atomic E-state index is -0.383. The summed E-state index contributed by atoms with van der Waals surface area (Å²) >= 11 is 2.86. The van der Waals surface area contributed by atoms with E-state index in [0.29, 0.717) is 19.6 Å². The third-order valence-corrected chi connectivity index (χ3v) is 5.38. The number of carbonyl (C=O) groups excluding carboxylic acids is 2. The molecule has 1 N–H and O–H groups in total. The molecule has 0 bridgehead atoms. The quantitative estimate of drug-likeness (QED) is 0.549. The van der Waals surface area contributed by atoms with Crippen LogP contribution in [0.15, 0.2) is 47.4 Å². The highest BCUT2D eigenvalue weighted by Gasteiger charge is 2.35. The summed E-state index contributed by atoms with van der Waals surface area (Å²) in [5.41, 5.74) is 1.80. The fourth-order valence-electron chi connectivity index (χ4n) is 2.34. The minimum absolute atomic E-state index is 0.0683. The number of hydrogen-bond donors (Lipinski definition) is 1. The fraction of sp³-hybridized carbons (Fsp3) is 0.0556. The Morgan fingerprint density at radius 1 is 1.24 bits per heavy atom. The molecular weight excluding hydrogens is 451 g/mol. The molecule has 0 aromatic heterocycles. The average Bonchev–Trinajstić information content (AvgIpc) is 2.86. The van der Waals surface area contributed by atoms with E-state index in [2.05, 4.69) is 6.07 Å². The van der Waals surface area contributed by atoms with E-state index in [4.69, 9.17) is 5.26 Å². The highest BCUT2D eigenvalue weighted by atomic mass is 127. The van der Waals surface area contributed by atoms with Gasteiger partial charge in [-0.05, 0) is 69.8 Å². The van der Waals surface area contributed by atoms with Crippen molar-refractivity contribution in [2.45, 2.75) is 6.54 Å². The summed E-state index contributed by atoms with van der Waals surface area (Å²) in [4.78, 5) is 26.2. The fourth-order valence-corrected chi connectivity index (χ4v) is 3.72. The van der Waals surface area contributed by atoms with Gasteiger partial charge in [-0.1, -0.05) is 24.3 Å². The van der Waals surface area contributed by atoms with Gasteiger partial charge in [0.2, 0.25) is 0 Å². The average molecular weight is 462 g/mol. The number of amides is 2. The molecule has 2 aromatic carbocycles. The number of halogens is 1. The van der Waals surface area contributed by atoms with Crippen LogP contribution in [0.5, 0.6) is 5.75 Å². The molecule has 5 nitrogen and oxygen atoms in total. The number of imide groups is 1. The first-order chi connectivity index (χ1) is 12.0. The van der Waals surface area contributed by atoms with Crippen LogP contribution in [0.4, 0.5) is 4.79 Å². The lowest BCUT2D eigenvalue weighted by molar-refractivity contribution is -0.123. The standard InChI is InChI=1S/C18H11IN2O3S/c19-14-7-11(5-6-15(14)22)8-16-17(23)21(18(24)25-16)10-13-4-2-1-3-12(13)9-20/h1-8,22H,10H2. The van der Waals surface area contributed by atoms with Gasteiger partial charge in [0.1, 0.15) is 5.75 Å². The molecule has 0 spiro atoms. The molecule has 1 fully saturated rings. The second kappa shape index (κ2) is 7.29. The Balaban J connectivity index is 1.86. The number of nitrogens with zero attached hydrogens (tertiary/aromatic N) is 2. The molecule has 0 atom stereocenters. The van der Waals surface area contributed by atoms with Crippen molar-refractivity contribution in [3.05, 3.63) is 67.6 Å². The van der Waals surface area contributed by atoms with Crippen LogP contribution in [0.25, 0.3) is 6.08 Å².